The van der Waals surface area contributed by atoms with Crippen LogP contribution in [-0.2, 0) is 19.0 Å². The number of carbonyl (C=O) groups excluding carboxylic acids is 1. The summed E-state index contributed by atoms with van der Waals surface area (Å²) in [6.45, 7) is 8.11. The quantitative estimate of drug-likeness (QED) is 0.569. The highest BCUT2D eigenvalue weighted by atomic mass is 16.5. The molecule has 0 heterocycles. The number of rotatable bonds is 11. The van der Waals surface area contributed by atoms with Crippen molar-refractivity contribution in [3.63, 3.8) is 0 Å². The molecular weight excluding hydrogens is 234 g/mol. The van der Waals surface area contributed by atoms with Gasteiger partial charge in [-0.1, -0.05) is 6.92 Å². The summed E-state index contributed by atoms with van der Waals surface area (Å²) in [7, 11) is 1.64. The summed E-state index contributed by atoms with van der Waals surface area (Å²) in [6.07, 6.45) is 1.65. The molecule has 0 bridgehead atoms. The summed E-state index contributed by atoms with van der Waals surface area (Å²) >= 11 is 0. The topological polar surface area (TPSA) is 56.8 Å². The van der Waals surface area contributed by atoms with E-state index in [1.165, 1.54) is 0 Å². The maximum Gasteiger partial charge on any atom is 0.323 e. The average Bonchev–Trinajstić information content (AvgIpc) is 2.34. The molecule has 0 radical (unpaired) electrons. The van der Waals surface area contributed by atoms with Gasteiger partial charge in [0.2, 0.25) is 0 Å². The highest BCUT2D eigenvalue weighted by Gasteiger charge is 2.18. The highest BCUT2D eigenvalue weighted by molar-refractivity contribution is 5.75. The van der Waals surface area contributed by atoms with Crippen LogP contribution in [0.15, 0.2) is 0 Å². The van der Waals surface area contributed by atoms with Gasteiger partial charge in [0.15, 0.2) is 0 Å². The van der Waals surface area contributed by atoms with Crippen LogP contribution >= 0.6 is 0 Å². The lowest BCUT2D eigenvalue weighted by atomic mass is 10.2. The number of nitrogens with one attached hydrogen (secondary N) is 1. The first-order valence-corrected chi connectivity index (χ1v) is 6.66. The van der Waals surface area contributed by atoms with E-state index in [0.29, 0.717) is 26.2 Å². The fraction of sp³-hybridized carbons (Fsp3) is 0.923. The van der Waals surface area contributed by atoms with E-state index in [4.69, 9.17) is 14.2 Å². The first kappa shape index (κ1) is 17.4. The van der Waals surface area contributed by atoms with Gasteiger partial charge in [0.05, 0.1) is 19.3 Å². The van der Waals surface area contributed by atoms with Crippen LogP contribution in [0.5, 0.6) is 0 Å². The predicted molar refractivity (Wildman–Crippen MR) is 70.6 cm³/mol. The van der Waals surface area contributed by atoms with Crippen molar-refractivity contribution < 1.29 is 19.0 Å². The number of carbonyl (C=O) groups is 1. The Kier molecular flexibility index (Phi) is 11.0. The number of hydrogen-bond donors (Lipinski definition) is 1. The molecule has 0 aliphatic rings. The van der Waals surface area contributed by atoms with Crippen molar-refractivity contribution >= 4 is 5.97 Å². The molecule has 2 atom stereocenters. The lowest BCUT2D eigenvalue weighted by Crippen LogP contribution is -2.39. The monoisotopic (exact) mass is 261 g/mol. The number of ether oxygens (including phenoxy) is 3. The lowest BCUT2D eigenvalue weighted by Gasteiger charge is -2.18. The molecule has 108 valence electrons. The molecule has 0 aromatic rings. The average molecular weight is 261 g/mol. The van der Waals surface area contributed by atoms with Gasteiger partial charge in [-0.15, -0.1) is 0 Å². The molecule has 0 aliphatic carbocycles. The molecule has 5 nitrogen and oxygen atoms in total. The standard InChI is InChI=1S/C13H27NO4/c1-5-8-14-12(13(15)17-6-2)7-9-18-11(3)10-16-4/h11-12,14H,5-10H2,1-4H3. The van der Waals surface area contributed by atoms with Crippen molar-refractivity contribution in [2.45, 2.75) is 45.8 Å². The van der Waals surface area contributed by atoms with E-state index in [1.54, 1.807) is 7.11 Å². The van der Waals surface area contributed by atoms with E-state index in [1.807, 2.05) is 13.8 Å². The van der Waals surface area contributed by atoms with E-state index < -0.39 is 0 Å². The minimum atomic E-state index is -0.278. The molecule has 0 spiro atoms. The fourth-order valence-corrected chi connectivity index (χ4v) is 1.53. The van der Waals surface area contributed by atoms with Gasteiger partial charge in [-0.2, -0.15) is 0 Å². The molecule has 1 N–H and O–H groups in total. The molecule has 5 heteroatoms. The molecule has 0 aliphatic heterocycles. The van der Waals surface area contributed by atoms with E-state index >= 15 is 0 Å². The number of methoxy groups -OCH3 is 1. The first-order valence-electron chi connectivity index (χ1n) is 6.66. The zero-order valence-electron chi connectivity index (χ0n) is 12.0. The Balaban J connectivity index is 3.95. The van der Waals surface area contributed by atoms with E-state index in [2.05, 4.69) is 12.2 Å². The van der Waals surface area contributed by atoms with Crippen LogP contribution in [0.25, 0.3) is 0 Å². The normalized spacial score (nSPS) is 14.2. The van der Waals surface area contributed by atoms with Crippen molar-refractivity contribution in [3.05, 3.63) is 0 Å². The van der Waals surface area contributed by atoms with E-state index in [-0.39, 0.29) is 18.1 Å². The van der Waals surface area contributed by atoms with Gasteiger partial charge in [0.25, 0.3) is 0 Å². The Morgan fingerprint density at radius 1 is 1.33 bits per heavy atom. The smallest absolute Gasteiger partial charge is 0.323 e. The third kappa shape index (κ3) is 8.44. The van der Waals surface area contributed by atoms with Crippen LogP contribution in [0, 0.1) is 0 Å². The van der Waals surface area contributed by atoms with Crippen LogP contribution in [0.1, 0.15) is 33.6 Å². The second kappa shape index (κ2) is 11.4. The van der Waals surface area contributed by atoms with Crippen molar-refractivity contribution in [1.29, 1.82) is 0 Å². The van der Waals surface area contributed by atoms with Gasteiger partial charge >= 0.3 is 5.97 Å². The predicted octanol–water partition coefficient (Wildman–Crippen LogP) is 1.36. The van der Waals surface area contributed by atoms with Gasteiger partial charge in [-0.3, -0.25) is 4.79 Å². The highest BCUT2D eigenvalue weighted by Crippen LogP contribution is 2.00. The number of hydrogen-bond acceptors (Lipinski definition) is 5. The van der Waals surface area contributed by atoms with E-state index in [9.17, 15) is 4.79 Å². The Bertz CT molecular complexity index is 211. The third-order valence-corrected chi connectivity index (χ3v) is 2.42. The molecule has 2 unspecified atom stereocenters. The van der Waals surface area contributed by atoms with Gasteiger partial charge < -0.3 is 19.5 Å². The van der Waals surface area contributed by atoms with Crippen molar-refractivity contribution in [2.75, 3.05) is 33.5 Å². The van der Waals surface area contributed by atoms with Crippen LogP contribution < -0.4 is 5.32 Å². The van der Waals surface area contributed by atoms with Gasteiger partial charge in [0.1, 0.15) is 6.04 Å². The maximum absolute atomic E-state index is 11.7. The van der Waals surface area contributed by atoms with Crippen molar-refractivity contribution in [3.8, 4) is 0 Å². The summed E-state index contributed by atoms with van der Waals surface area (Å²) in [5, 5.41) is 3.17. The summed E-state index contributed by atoms with van der Waals surface area (Å²) in [4.78, 5) is 11.7. The second-order valence-corrected chi connectivity index (χ2v) is 4.18. The largest absolute Gasteiger partial charge is 0.465 e. The Hall–Kier alpha value is -0.650. The third-order valence-electron chi connectivity index (χ3n) is 2.42. The van der Waals surface area contributed by atoms with Gasteiger partial charge in [-0.25, -0.2) is 0 Å². The van der Waals surface area contributed by atoms with Crippen LogP contribution in [0.4, 0.5) is 0 Å². The van der Waals surface area contributed by atoms with Crippen LogP contribution in [0.2, 0.25) is 0 Å². The minimum absolute atomic E-state index is 0.0454. The molecular formula is C13H27NO4. The number of esters is 1. The van der Waals surface area contributed by atoms with Crippen molar-refractivity contribution in [2.24, 2.45) is 0 Å². The van der Waals surface area contributed by atoms with E-state index in [0.717, 1.165) is 13.0 Å². The SMILES string of the molecule is CCCNC(CCOC(C)COC)C(=O)OCC. The molecule has 0 amide bonds. The fourth-order valence-electron chi connectivity index (χ4n) is 1.53. The zero-order chi connectivity index (χ0) is 13.8. The minimum Gasteiger partial charge on any atom is -0.465 e. The summed E-state index contributed by atoms with van der Waals surface area (Å²) in [5.74, 6) is -0.200. The molecule has 0 aromatic heterocycles. The molecule has 0 rings (SSSR count). The Morgan fingerprint density at radius 2 is 2.06 bits per heavy atom. The van der Waals surface area contributed by atoms with Crippen LogP contribution in [-0.4, -0.2) is 51.6 Å². The van der Waals surface area contributed by atoms with Gasteiger partial charge in [-0.05, 0) is 33.2 Å². The Morgan fingerprint density at radius 3 is 2.61 bits per heavy atom. The summed E-state index contributed by atoms with van der Waals surface area (Å²) in [5.41, 5.74) is 0. The molecule has 0 saturated heterocycles. The summed E-state index contributed by atoms with van der Waals surface area (Å²) < 4.78 is 15.6. The lowest BCUT2D eigenvalue weighted by molar-refractivity contribution is -0.146. The first-order chi connectivity index (χ1) is 8.65. The summed E-state index contributed by atoms with van der Waals surface area (Å²) in [6, 6.07) is -0.278. The Labute approximate surface area is 110 Å². The zero-order valence-corrected chi connectivity index (χ0v) is 12.0. The molecule has 0 fully saturated rings. The van der Waals surface area contributed by atoms with Crippen molar-refractivity contribution in [1.82, 2.24) is 5.32 Å². The maximum atomic E-state index is 11.7. The van der Waals surface area contributed by atoms with Gasteiger partial charge in [0, 0.05) is 13.7 Å². The second-order valence-electron chi connectivity index (χ2n) is 4.18. The molecule has 0 aromatic carbocycles. The molecule has 0 saturated carbocycles. The van der Waals surface area contributed by atoms with Crippen LogP contribution in [0.3, 0.4) is 0 Å². The molecule has 18 heavy (non-hydrogen) atoms.